The van der Waals surface area contributed by atoms with Gasteiger partial charge in [-0.25, -0.2) is 0 Å². The zero-order chi connectivity index (χ0) is 20.8. The minimum Gasteiger partial charge on any atom is -0.343 e. The van der Waals surface area contributed by atoms with E-state index in [4.69, 9.17) is 27.7 Å². The van der Waals surface area contributed by atoms with Gasteiger partial charge in [0, 0.05) is 33.8 Å². The van der Waals surface area contributed by atoms with Crippen molar-refractivity contribution in [2.75, 3.05) is 5.75 Å². The molecule has 1 amide bonds. The van der Waals surface area contributed by atoms with Gasteiger partial charge in [-0.05, 0) is 35.7 Å². The third kappa shape index (κ3) is 5.95. The Bertz CT molecular complexity index is 966. The summed E-state index contributed by atoms with van der Waals surface area (Å²) in [7, 11) is 0. The Labute approximate surface area is 183 Å². The lowest BCUT2D eigenvalue weighted by molar-refractivity contribution is -0.119. The van der Waals surface area contributed by atoms with E-state index in [1.807, 2.05) is 19.9 Å². The average molecular weight is 451 g/mol. The number of pyridine rings is 1. The summed E-state index contributed by atoms with van der Waals surface area (Å²) in [5.41, 5.74) is 1.74. The first kappa shape index (κ1) is 21.6. The molecule has 0 aliphatic heterocycles. The van der Waals surface area contributed by atoms with Gasteiger partial charge in [0.2, 0.25) is 17.6 Å². The molecule has 2 aromatic heterocycles. The van der Waals surface area contributed by atoms with Gasteiger partial charge < -0.3 is 9.84 Å². The molecule has 0 aliphatic rings. The molecule has 0 bridgehead atoms. The monoisotopic (exact) mass is 450 g/mol. The summed E-state index contributed by atoms with van der Waals surface area (Å²) in [6.07, 6.45) is 3.33. The van der Waals surface area contributed by atoms with Crippen molar-refractivity contribution in [1.29, 1.82) is 0 Å². The third-order valence-electron chi connectivity index (χ3n) is 4.14. The van der Waals surface area contributed by atoms with E-state index in [0.717, 1.165) is 11.1 Å². The molecule has 0 fully saturated rings. The molecule has 2 heterocycles. The second-order valence-corrected chi connectivity index (χ2v) is 8.54. The molecule has 1 N–H and O–H groups in total. The summed E-state index contributed by atoms with van der Waals surface area (Å²) < 4.78 is 5.41. The summed E-state index contributed by atoms with van der Waals surface area (Å²) in [5, 5.41) is 8.19. The van der Waals surface area contributed by atoms with Gasteiger partial charge in [-0.1, -0.05) is 48.3 Å². The van der Waals surface area contributed by atoms with Crippen LogP contribution in [0.15, 0.2) is 47.2 Å². The minimum atomic E-state index is -0.370. The Morgan fingerprint density at radius 2 is 1.97 bits per heavy atom. The molecule has 0 radical (unpaired) electrons. The van der Waals surface area contributed by atoms with E-state index in [0.29, 0.717) is 27.5 Å². The first-order chi connectivity index (χ1) is 13.9. The lowest BCUT2D eigenvalue weighted by Gasteiger charge is -2.18. The lowest BCUT2D eigenvalue weighted by atomic mass is 10.0. The molecule has 3 rings (SSSR count). The molecule has 0 saturated carbocycles. The molecule has 1 atom stereocenters. The largest absolute Gasteiger partial charge is 0.343 e. The summed E-state index contributed by atoms with van der Waals surface area (Å²) in [6, 6.07) is 8.58. The van der Waals surface area contributed by atoms with Crippen LogP contribution in [0.25, 0.3) is 11.4 Å². The highest BCUT2D eigenvalue weighted by atomic mass is 35.5. The fraction of sp³-hybridized carbons (Fsp3) is 0.300. The smallest absolute Gasteiger partial charge is 0.249 e. The van der Waals surface area contributed by atoms with Crippen molar-refractivity contribution in [3.8, 4) is 11.4 Å². The summed E-state index contributed by atoms with van der Waals surface area (Å²) >= 11 is 13.6. The number of carbonyl (C=O) groups excluding carboxylic acids is 1. The fourth-order valence-corrected chi connectivity index (χ4v) is 4.00. The number of hydrogen-bond acceptors (Lipinski definition) is 6. The van der Waals surface area contributed by atoms with Gasteiger partial charge in [-0.15, -0.1) is 11.8 Å². The molecule has 29 heavy (non-hydrogen) atoms. The van der Waals surface area contributed by atoms with Crippen LogP contribution >= 0.6 is 35.0 Å². The van der Waals surface area contributed by atoms with Crippen molar-refractivity contribution in [1.82, 2.24) is 20.4 Å². The Morgan fingerprint density at radius 3 is 2.66 bits per heavy atom. The summed E-state index contributed by atoms with van der Waals surface area (Å²) in [4.78, 5) is 20.9. The van der Waals surface area contributed by atoms with Crippen LogP contribution in [0.5, 0.6) is 0 Å². The number of halogens is 2. The van der Waals surface area contributed by atoms with Crippen LogP contribution in [0.4, 0.5) is 0 Å². The Hall–Kier alpha value is -2.09. The van der Waals surface area contributed by atoms with E-state index in [2.05, 4.69) is 20.4 Å². The van der Waals surface area contributed by atoms with Crippen LogP contribution in [0, 0.1) is 5.92 Å². The van der Waals surface area contributed by atoms with Crippen LogP contribution in [0.2, 0.25) is 10.0 Å². The predicted molar refractivity (Wildman–Crippen MR) is 116 cm³/mol. The Morgan fingerprint density at radius 1 is 1.21 bits per heavy atom. The molecule has 9 heteroatoms. The van der Waals surface area contributed by atoms with Gasteiger partial charge >= 0.3 is 0 Å². The predicted octanol–water partition coefficient (Wildman–Crippen LogP) is 5.19. The number of aromatic nitrogens is 3. The number of benzene rings is 1. The van der Waals surface area contributed by atoms with Crippen LogP contribution in [-0.2, 0) is 10.5 Å². The molecule has 6 nitrogen and oxygen atoms in total. The van der Waals surface area contributed by atoms with Crippen LogP contribution in [-0.4, -0.2) is 26.8 Å². The van der Waals surface area contributed by atoms with E-state index in [1.165, 1.54) is 11.8 Å². The van der Waals surface area contributed by atoms with Gasteiger partial charge in [-0.3, -0.25) is 9.78 Å². The van der Waals surface area contributed by atoms with Crippen LogP contribution in [0.3, 0.4) is 0 Å². The molecule has 1 aromatic carbocycles. The molecule has 0 aliphatic carbocycles. The van der Waals surface area contributed by atoms with Crippen molar-refractivity contribution >= 4 is 40.9 Å². The second kappa shape index (κ2) is 10.1. The molecule has 0 spiro atoms. The molecule has 1 unspecified atom stereocenters. The summed E-state index contributed by atoms with van der Waals surface area (Å²) in [5.74, 6) is 1.72. The molecular formula is C20H20Cl2N4O2S. The van der Waals surface area contributed by atoms with Crippen LogP contribution < -0.4 is 5.32 Å². The molecule has 152 valence electrons. The standard InChI is InChI=1S/C20H20Cl2N4O2S/c1-12(2)18(20-25-19(26-28-20)13-5-7-23-8-6-13)24-17(27)11-29-10-14-3-4-15(21)9-16(14)22/h3-9,12,18H,10-11H2,1-2H3,(H,24,27). The van der Waals surface area contributed by atoms with Gasteiger partial charge in [0.25, 0.3) is 0 Å². The Balaban J connectivity index is 1.59. The SMILES string of the molecule is CC(C)C(NC(=O)CSCc1ccc(Cl)cc1Cl)c1nc(-c2ccncc2)no1. The van der Waals surface area contributed by atoms with Gasteiger partial charge in [0.1, 0.15) is 6.04 Å². The van der Waals surface area contributed by atoms with Gasteiger partial charge in [-0.2, -0.15) is 4.98 Å². The maximum Gasteiger partial charge on any atom is 0.249 e. The number of hydrogen-bond donors (Lipinski definition) is 1. The topological polar surface area (TPSA) is 80.9 Å². The number of amides is 1. The van der Waals surface area contributed by atoms with Crippen molar-refractivity contribution in [2.24, 2.45) is 5.92 Å². The maximum absolute atomic E-state index is 12.5. The first-order valence-corrected chi connectivity index (χ1v) is 10.9. The van der Waals surface area contributed by atoms with E-state index in [9.17, 15) is 4.79 Å². The number of thioether (sulfide) groups is 1. The zero-order valence-electron chi connectivity index (χ0n) is 15.9. The van der Waals surface area contributed by atoms with Crippen LogP contribution in [0.1, 0.15) is 31.3 Å². The number of carbonyl (C=O) groups is 1. The quantitative estimate of drug-likeness (QED) is 0.508. The Kier molecular flexibility index (Phi) is 7.52. The molecule has 3 aromatic rings. The minimum absolute atomic E-state index is 0.0837. The average Bonchev–Trinajstić information content (AvgIpc) is 3.18. The highest BCUT2D eigenvalue weighted by Gasteiger charge is 2.24. The maximum atomic E-state index is 12.5. The third-order valence-corrected chi connectivity index (χ3v) is 5.70. The van der Waals surface area contributed by atoms with Gasteiger partial charge in [0.05, 0.1) is 5.75 Å². The van der Waals surface area contributed by atoms with E-state index >= 15 is 0 Å². The highest BCUT2D eigenvalue weighted by Crippen LogP contribution is 2.26. The van der Waals surface area contributed by atoms with Crippen molar-refractivity contribution < 1.29 is 9.32 Å². The first-order valence-electron chi connectivity index (χ1n) is 8.99. The summed E-state index contributed by atoms with van der Waals surface area (Å²) in [6.45, 7) is 3.98. The fourth-order valence-electron chi connectivity index (χ4n) is 2.60. The number of nitrogens with zero attached hydrogens (tertiary/aromatic N) is 3. The zero-order valence-corrected chi connectivity index (χ0v) is 18.3. The lowest BCUT2D eigenvalue weighted by Crippen LogP contribution is -2.33. The van der Waals surface area contributed by atoms with Crippen molar-refractivity contribution in [3.05, 3.63) is 64.2 Å². The van der Waals surface area contributed by atoms with E-state index in [-0.39, 0.29) is 23.6 Å². The van der Waals surface area contributed by atoms with E-state index in [1.54, 1.807) is 36.7 Å². The molecule has 0 saturated heterocycles. The van der Waals surface area contributed by atoms with Crippen molar-refractivity contribution in [2.45, 2.75) is 25.6 Å². The number of nitrogens with one attached hydrogen (secondary N) is 1. The number of rotatable bonds is 8. The van der Waals surface area contributed by atoms with E-state index < -0.39 is 0 Å². The van der Waals surface area contributed by atoms with Crippen molar-refractivity contribution in [3.63, 3.8) is 0 Å². The molecular weight excluding hydrogens is 431 g/mol. The second-order valence-electron chi connectivity index (χ2n) is 6.71. The van der Waals surface area contributed by atoms with Gasteiger partial charge in [0.15, 0.2) is 0 Å². The highest BCUT2D eigenvalue weighted by molar-refractivity contribution is 7.99. The normalized spacial score (nSPS) is 12.2.